The van der Waals surface area contributed by atoms with E-state index >= 15 is 0 Å². The van der Waals surface area contributed by atoms with Crippen LogP contribution in [-0.4, -0.2) is 40.7 Å². The fourth-order valence-corrected chi connectivity index (χ4v) is 1.19. The first-order chi connectivity index (χ1) is 4.25. The second-order valence-electron chi connectivity index (χ2n) is 2.01. The molecule has 3 atom stereocenters. The Balaban J connectivity index is 2.11. The molecule has 0 spiro atoms. The van der Waals surface area contributed by atoms with Gasteiger partial charge >= 0.3 is 0 Å². The number of aliphatic hydroxyl groups is 2. The normalized spacial score (nSPS) is 36.3. The monoisotopic (exact) mass is 150 g/mol. The van der Waals surface area contributed by atoms with Crippen molar-refractivity contribution in [2.75, 3.05) is 12.0 Å². The van der Waals surface area contributed by atoms with Crippen LogP contribution < -0.4 is 0 Å². The molecule has 54 valence electrons. The highest BCUT2D eigenvalue weighted by Crippen LogP contribution is 2.23. The van der Waals surface area contributed by atoms with Crippen molar-refractivity contribution in [3.05, 3.63) is 0 Å². The summed E-state index contributed by atoms with van der Waals surface area (Å²) in [6.07, 6.45) is 0.359. The van der Waals surface area contributed by atoms with Crippen LogP contribution in [0.4, 0.5) is 0 Å². The Labute approximate surface area is 58.0 Å². The Morgan fingerprint density at radius 3 is 2.67 bits per heavy atom. The van der Waals surface area contributed by atoms with Gasteiger partial charge in [0.2, 0.25) is 0 Å². The highest BCUT2D eigenvalue weighted by Gasteiger charge is 2.42. The van der Waals surface area contributed by atoms with Crippen molar-refractivity contribution in [3.8, 4) is 0 Å². The Hall–Kier alpha value is 0.230. The van der Waals surface area contributed by atoms with Gasteiger partial charge in [0.15, 0.2) is 6.29 Å². The Kier molecular flexibility index (Phi) is 2.35. The number of hydrogen-bond donors (Lipinski definition) is 2. The van der Waals surface area contributed by atoms with Crippen LogP contribution in [0.25, 0.3) is 0 Å². The van der Waals surface area contributed by atoms with Gasteiger partial charge in [-0.05, 0) is 6.26 Å². The molecule has 3 unspecified atom stereocenters. The summed E-state index contributed by atoms with van der Waals surface area (Å²) in [5.41, 5.74) is 0. The molecule has 3 nitrogen and oxygen atoms in total. The molecule has 1 aliphatic heterocycles. The van der Waals surface area contributed by atoms with Crippen LogP contribution in [0.1, 0.15) is 0 Å². The van der Waals surface area contributed by atoms with E-state index in [-0.39, 0.29) is 6.10 Å². The van der Waals surface area contributed by atoms with Gasteiger partial charge in [-0.15, -0.1) is 0 Å². The molecule has 0 amide bonds. The van der Waals surface area contributed by atoms with E-state index in [0.717, 1.165) is 0 Å². The molecule has 0 aliphatic carbocycles. The Morgan fingerprint density at radius 1 is 1.78 bits per heavy atom. The number of rotatable bonds is 3. The van der Waals surface area contributed by atoms with Crippen LogP contribution in [0.3, 0.4) is 0 Å². The molecule has 9 heavy (non-hydrogen) atoms. The fraction of sp³-hybridized carbons (Fsp3) is 1.00. The van der Waals surface area contributed by atoms with Gasteiger partial charge in [0, 0.05) is 5.75 Å². The predicted octanol–water partition coefficient (Wildman–Crippen LogP) is -0.573. The van der Waals surface area contributed by atoms with E-state index in [4.69, 9.17) is 10.2 Å². The highest BCUT2D eigenvalue weighted by atomic mass is 32.2. The molecule has 4 heteroatoms. The molecule has 1 rings (SSSR count). The van der Waals surface area contributed by atoms with Gasteiger partial charge < -0.3 is 14.9 Å². The summed E-state index contributed by atoms with van der Waals surface area (Å²) in [4.78, 5) is 0. The number of hydrogen-bond acceptors (Lipinski definition) is 4. The molecule has 1 aliphatic rings. The second-order valence-corrected chi connectivity index (χ2v) is 2.92. The lowest BCUT2D eigenvalue weighted by molar-refractivity contribution is 0.147. The Bertz CT molecular complexity index is 98.2. The molecular weight excluding hydrogens is 140 g/mol. The topological polar surface area (TPSA) is 53.0 Å². The summed E-state index contributed by atoms with van der Waals surface area (Å²) < 4.78 is 4.62. The van der Waals surface area contributed by atoms with Crippen LogP contribution in [0.15, 0.2) is 0 Å². The quantitative estimate of drug-likeness (QED) is 0.529. The van der Waals surface area contributed by atoms with Gasteiger partial charge in [-0.25, -0.2) is 0 Å². The SMILES string of the molecule is CSCC(O)C1OC1O. The van der Waals surface area contributed by atoms with Gasteiger partial charge in [0.1, 0.15) is 6.10 Å². The lowest BCUT2D eigenvalue weighted by Crippen LogP contribution is -2.19. The summed E-state index contributed by atoms with van der Waals surface area (Å²) in [5, 5.41) is 17.7. The second kappa shape index (κ2) is 2.88. The molecule has 1 heterocycles. The minimum atomic E-state index is -0.716. The van der Waals surface area contributed by atoms with Gasteiger partial charge in [0.25, 0.3) is 0 Å². The van der Waals surface area contributed by atoms with Crippen LogP contribution in [-0.2, 0) is 4.74 Å². The zero-order valence-electron chi connectivity index (χ0n) is 5.15. The molecule has 0 aromatic carbocycles. The molecule has 0 aromatic heterocycles. The zero-order valence-corrected chi connectivity index (χ0v) is 5.97. The summed E-state index contributed by atoms with van der Waals surface area (Å²) in [6.45, 7) is 0. The van der Waals surface area contributed by atoms with Crippen molar-refractivity contribution in [2.45, 2.75) is 18.5 Å². The first kappa shape index (κ1) is 7.34. The van der Waals surface area contributed by atoms with Crippen molar-refractivity contribution in [1.82, 2.24) is 0 Å². The summed E-state index contributed by atoms with van der Waals surface area (Å²) in [6, 6.07) is 0. The number of aliphatic hydroxyl groups excluding tert-OH is 2. The van der Waals surface area contributed by atoms with Crippen LogP contribution in [0.5, 0.6) is 0 Å². The minimum Gasteiger partial charge on any atom is -0.389 e. The molecule has 2 N–H and O–H groups in total. The average Bonchev–Trinajstić information content (AvgIpc) is 2.47. The summed E-state index contributed by atoms with van der Waals surface area (Å²) in [7, 11) is 0. The van der Waals surface area contributed by atoms with E-state index in [0.29, 0.717) is 5.75 Å². The molecule has 0 radical (unpaired) electrons. The maximum absolute atomic E-state index is 9.05. The van der Waals surface area contributed by atoms with Crippen molar-refractivity contribution in [2.24, 2.45) is 0 Å². The van der Waals surface area contributed by atoms with E-state index in [9.17, 15) is 0 Å². The van der Waals surface area contributed by atoms with E-state index in [2.05, 4.69) is 4.74 Å². The number of epoxide rings is 1. The van der Waals surface area contributed by atoms with Crippen LogP contribution in [0, 0.1) is 0 Å². The summed E-state index contributed by atoms with van der Waals surface area (Å²) >= 11 is 1.54. The van der Waals surface area contributed by atoms with Crippen molar-refractivity contribution in [3.63, 3.8) is 0 Å². The third-order valence-electron chi connectivity index (χ3n) is 1.22. The van der Waals surface area contributed by atoms with Gasteiger partial charge in [-0.3, -0.25) is 0 Å². The van der Waals surface area contributed by atoms with Crippen LogP contribution >= 0.6 is 11.8 Å². The third kappa shape index (κ3) is 1.82. The third-order valence-corrected chi connectivity index (χ3v) is 1.89. The van der Waals surface area contributed by atoms with E-state index < -0.39 is 12.4 Å². The van der Waals surface area contributed by atoms with Crippen molar-refractivity contribution in [1.29, 1.82) is 0 Å². The Morgan fingerprint density at radius 2 is 2.33 bits per heavy atom. The van der Waals surface area contributed by atoms with Gasteiger partial charge in [-0.2, -0.15) is 11.8 Å². The molecule has 0 bridgehead atoms. The highest BCUT2D eigenvalue weighted by molar-refractivity contribution is 7.98. The van der Waals surface area contributed by atoms with E-state index in [1.54, 1.807) is 0 Å². The molecular formula is C5H10O3S. The zero-order chi connectivity index (χ0) is 6.85. The smallest absolute Gasteiger partial charge is 0.184 e. The summed E-state index contributed by atoms with van der Waals surface area (Å²) in [5.74, 6) is 0.627. The maximum atomic E-state index is 9.05. The standard InChI is InChI=1S/C5H10O3S/c1-9-2-3(6)4-5(7)8-4/h3-7H,2H2,1H3. The minimum absolute atomic E-state index is 0.322. The first-order valence-electron chi connectivity index (χ1n) is 2.76. The van der Waals surface area contributed by atoms with Gasteiger partial charge in [0.05, 0.1) is 6.10 Å². The molecule has 0 saturated carbocycles. The molecule has 1 saturated heterocycles. The average molecular weight is 150 g/mol. The van der Waals surface area contributed by atoms with Crippen molar-refractivity contribution < 1.29 is 14.9 Å². The maximum Gasteiger partial charge on any atom is 0.184 e. The van der Waals surface area contributed by atoms with Crippen LogP contribution in [0.2, 0.25) is 0 Å². The predicted molar refractivity (Wildman–Crippen MR) is 35.3 cm³/mol. The largest absolute Gasteiger partial charge is 0.389 e. The van der Waals surface area contributed by atoms with Crippen molar-refractivity contribution >= 4 is 11.8 Å². The van der Waals surface area contributed by atoms with E-state index in [1.165, 1.54) is 11.8 Å². The number of ether oxygens (including phenoxy) is 1. The van der Waals surface area contributed by atoms with Gasteiger partial charge in [-0.1, -0.05) is 0 Å². The molecule has 0 aromatic rings. The van der Waals surface area contributed by atoms with E-state index in [1.807, 2.05) is 6.26 Å². The lowest BCUT2D eigenvalue weighted by atomic mass is 10.3. The molecule has 1 fully saturated rings. The lowest BCUT2D eigenvalue weighted by Gasteiger charge is -2.01. The fourth-order valence-electron chi connectivity index (χ4n) is 0.662. The number of thioether (sulfide) groups is 1. The first-order valence-corrected chi connectivity index (χ1v) is 4.15.